The molecule has 3 N–H and O–H groups in total. The number of hydrogen-bond donors (Lipinski definition) is 2. The lowest BCUT2D eigenvalue weighted by Gasteiger charge is -2.26. The van der Waals surface area contributed by atoms with Gasteiger partial charge in [-0.2, -0.15) is 0 Å². The molecule has 0 spiro atoms. The summed E-state index contributed by atoms with van der Waals surface area (Å²) in [5, 5.41) is 4.81. The van der Waals surface area contributed by atoms with E-state index in [9.17, 15) is 0 Å². The van der Waals surface area contributed by atoms with Crippen LogP contribution in [0.5, 0.6) is 0 Å². The lowest BCUT2D eigenvalue weighted by atomic mass is 10.1. The third kappa shape index (κ3) is 3.28. The minimum absolute atomic E-state index is 0.689. The molecule has 0 aliphatic carbocycles. The smallest absolute Gasteiger partial charge is 0.0483 e. The summed E-state index contributed by atoms with van der Waals surface area (Å²) in [6.45, 7) is 9.47. The van der Waals surface area contributed by atoms with Gasteiger partial charge in [0, 0.05) is 62.9 Å². The SMILES string of the molecule is Cc1ccc2c(c1)c(CCN1CCNCC1)cn2CCN. The summed E-state index contributed by atoms with van der Waals surface area (Å²) in [7, 11) is 0. The fraction of sp³-hybridized carbons (Fsp3) is 0.529. The first-order valence-corrected chi connectivity index (χ1v) is 7.99. The van der Waals surface area contributed by atoms with Crippen LogP contribution >= 0.6 is 0 Å². The topological polar surface area (TPSA) is 46.2 Å². The molecule has 1 aliphatic rings. The number of aromatic nitrogens is 1. The first-order chi connectivity index (χ1) is 10.3. The zero-order chi connectivity index (χ0) is 14.7. The Labute approximate surface area is 126 Å². The van der Waals surface area contributed by atoms with Crippen molar-refractivity contribution in [2.45, 2.75) is 19.9 Å². The molecule has 1 aromatic heterocycles. The Bertz CT molecular complexity index is 596. The van der Waals surface area contributed by atoms with Gasteiger partial charge in [0.15, 0.2) is 0 Å². The highest BCUT2D eigenvalue weighted by molar-refractivity contribution is 5.84. The van der Waals surface area contributed by atoms with Crippen molar-refractivity contribution in [2.75, 3.05) is 39.3 Å². The number of aryl methyl sites for hydroxylation is 1. The predicted octanol–water partition coefficient (Wildman–Crippen LogP) is 1.36. The highest BCUT2D eigenvalue weighted by Crippen LogP contribution is 2.23. The maximum Gasteiger partial charge on any atom is 0.0483 e. The van der Waals surface area contributed by atoms with Crippen molar-refractivity contribution < 1.29 is 0 Å². The third-order valence-electron chi connectivity index (χ3n) is 4.40. The van der Waals surface area contributed by atoms with Crippen LogP contribution in [0.15, 0.2) is 24.4 Å². The van der Waals surface area contributed by atoms with E-state index in [1.807, 2.05) is 0 Å². The molecule has 0 unspecified atom stereocenters. The molecule has 2 heterocycles. The predicted molar refractivity (Wildman–Crippen MR) is 88.7 cm³/mol. The van der Waals surface area contributed by atoms with Crippen LogP contribution in [-0.4, -0.2) is 48.7 Å². The number of rotatable bonds is 5. The van der Waals surface area contributed by atoms with Gasteiger partial charge in [-0.25, -0.2) is 0 Å². The molecule has 4 nitrogen and oxygen atoms in total. The van der Waals surface area contributed by atoms with Crippen LogP contribution in [0.3, 0.4) is 0 Å². The zero-order valence-corrected chi connectivity index (χ0v) is 12.9. The number of nitrogens with two attached hydrogens (primary N) is 1. The Kier molecular flexibility index (Phi) is 4.58. The third-order valence-corrected chi connectivity index (χ3v) is 4.40. The van der Waals surface area contributed by atoms with E-state index in [4.69, 9.17) is 5.73 Å². The van der Waals surface area contributed by atoms with Gasteiger partial charge in [-0.05, 0) is 31.0 Å². The molecular formula is C17H26N4. The molecule has 114 valence electrons. The molecule has 0 atom stereocenters. The summed E-state index contributed by atoms with van der Waals surface area (Å²) >= 11 is 0. The summed E-state index contributed by atoms with van der Waals surface area (Å²) in [6, 6.07) is 6.74. The standard InChI is InChI=1S/C17H26N4/c1-14-2-3-17-16(12-14)15(13-21(17)9-5-18)4-8-20-10-6-19-7-11-20/h2-3,12-13,19H,4-11,18H2,1H3. The van der Waals surface area contributed by atoms with Crippen LogP contribution in [0, 0.1) is 6.92 Å². The lowest BCUT2D eigenvalue weighted by molar-refractivity contribution is 0.244. The van der Waals surface area contributed by atoms with E-state index < -0.39 is 0 Å². The van der Waals surface area contributed by atoms with Gasteiger partial charge in [0.05, 0.1) is 0 Å². The second kappa shape index (κ2) is 6.60. The van der Waals surface area contributed by atoms with Crippen LogP contribution in [0.4, 0.5) is 0 Å². The number of piperazine rings is 1. The maximum atomic E-state index is 5.75. The molecule has 0 saturated carbocycles. The number of nitrogens with one attached hydrogen (secondary N) is 1. The molecule has 2 aromatic rings. The molecule has 21 heavy (non-hydrogen) atoms. The molecule has 1 saturated heterocycles. The quantitative estimate of drug-likeness (QED) is 0.872. The maximum absolute atomic E-state index is 5.75. The molecule has 0 amide bonds. The highest BCUT2D eigenvalue weighted by Gasteiger charge is 2.12. The van der Waals surface area contributed by atoms with E-state index in [1.54, 1.807) is 0 Å². The molecule has 1 aromatic carbocycles. The zero-order valence-electron chi connectivity index (χ0n) is 12.9. The van der Waals surface area contributed by atoms with Crippen molar-refractivity contribution in [3.8, 4) is 0 Å². The Balaban J connectivity index is 1.81. The largest absolute Gasteiger partial charge is 0.346 e. The summed E-state index contributed by atoms with van der Waals surface area (Å²) in [6.07, 6.45) is 3.43. The fourth-order valence-corrected chi connectivity index (χ4v) is 3.22. The molecule has 4 heteroatoms. The van der Waals surface area contributed by atoms with Gasteiger partial charge in [-0.1, -0.05) is 11.6 Å². The first kappa shape index (κ1) is 14.6. The van der Waals surface area contributed by atoms with E-state index in [0.717, 1.165) is 32.6 Å². The number of benzene rings is 1. The Morgan fingerprint density at radius 2 is 2.00 bits per heavy atom. The van der Waals surface area contributed by atoms with Crippen molar-refractivity contribution in [2.24, 2.45) is 5.73 Å². The summed E-state index contributed by atoms with van der Waals surface area (Å²) in [5.41, 5.74) is 9.86. The van der Waals surface area contributed by atoms with Gasteiger partial charge in [-0.15, -0.1) is 0 Å². The Morgan fingerprint density at radius 1 is 1.19 bits per heavy atom. The number of hydrogen-bond acceptors (Lipinski definition) is 3. The van der Waals surface area contributed by atoms with Crippen molar-refractivity contribution >= 4 is 10.9 Å². The van der Waals surface area contributed by atoms with Gasteiger partial charge in [0.25, 0.3) is 0 Å². The normalized spacial score (nSPS) is 16.7. The average Bonchev–Trinajstić information content (AvgIpc) is 2.84. The monoisotopic (exact) mass is 286 g/mol. The van der Waals surface area contributed by atoms with Gasteiger partial charge in [0.1, 0.15) is 0 Å². The van der Waals surface area contributed by atoms with E-state index in [0.29, 0.717) is 6.54 Å². The van der Waals surface area contributed by atoms with E-state index in [2.05, 4.69) is 46.1 Å². The lowest BCUT2D eigenvalue weighted by Crippen LogP contribution is -2.44. The second-order valence-corrected chi connectivity index (χ2v) is 6.00. The van der Waals surface area contributed by atoms with Crippen molar-refractivity contribution in [1.82, 2.24) is 14.8 Å². The first-order valence-electron chi connectivity index (χ1n) is 7.99. The van der Waals surface area contributed by atoms with Gasteiger partial charge >= 0.3 is 0 Å². The number of nitrogens with zero attached hydrogens (tertiary/aromatic N) is 2. The molecular weight excluding hydrogens is 260 g/mol. The van der Waals surface area contributed by atoms with Crippen molar-refractivity contribution in [1.29, 1.82) is 0 Å². The Morgan fingerprint density at radius 3 is 2.76 bits per heavy atom. The molecule has 3 rings (SSSR count). The van der Waals surface area contributed by atoms with Gasteiger partial charge < -0.3 is 20.5 Å². The average molecular weight is 286 g/mol. The second-order valence-electron chi connectivity index (χ2n) is 6.00. The summed E-state index contributed by atoms with van der Waals surface area (Å²) < 4.78 is 2.31. The molecule has 1 fully saturated rings. The van der Waals surface area contributed by atoms with Gasteiger partial charge in [-0.3, -0.25) is 0 Å². The fourth-order valence-electron chi connectivity index (χ4n) is 3.22. The molecule has 0 bridgehead atoms. The van der Waals surface area contributed by atoms with E-state index in [-0.39, 0.29) is 0 Å². The minimum atomic E-state index is 0.689. The van der Waals surface area contributed by atoms with Crippen molar-refractivity contribution in [3.05, 3.63) is 35.5 Å². The van der Waals surface area contributed by atoms with Crippen LogP contribution in [0.25, 0.3) is 10.9 Å². The minimum Gasteiger partial charge on any atom is -0.346 e. The van der Waals surface area contributed by atoms with Crippen LogP contribution in [0.1, 0.15) is 11.1 Å². The number of fused-ring (bicyclic) bond motifs is 1. The molecule has 1 aliphatic heterocycles. The Hall–Kier alpha value is -1.36. The van der Waals surface area contributed by atoms with Crippen molar-refractivity contribution in [3.63, 3.8) is 0 Å². The highest BCUT2D eigenvalue weighted by atomic mass is 15.2. The van der Waals surface area contributed by atoms with Crippen LogP contribution in [0.2, 0.25) is 0 Å². The van der Waals surface area contributed by atoms with E-state index in [1.165, 1.54) is 35.1 Å². The summed E-state index contributed by atoms with van der Waals surface area (Å²) in [4.78, 5) is 2.55. The van der Waals surface area contributed by atoms with Crippen LogP contribution < -0.4 is 11.1 Å². The van der Waals surface area contributed by atoms with E-state index >= 15 is 0 Å². The summed E-state index contributed by atoms with van der Waals surface area (Å²) in [5.74, 6) is 0. The molecule has 0 radical (unpaired) electrons. The van der Waals surface area contributed by atoms with Crippen LogP contribution in [-0.2, 0) is 13.0 Å². The van der Waals surface area contributed by atoms with Gasteiger partial charge in [0.2, 0.25) is 0 Å².